The van der Waals surface area contributed by atoms with Crippen molar-refractivity contribution in [2.24, 2.45) is 11.8 Å². The lowest BCUT2D eigenvalue weighted by Crippen LogP contribution is -2.48. The molecule has 4 atom stereocenters. The second kappa shape index (κ2) is 4.20. The molecule has 0 bridgehead atoms. The molecule has 0 aliphatic heterocycles. The highest BCUT2D eigenvalue weighted by Crippen LogP contribution is 2.43. The van der Waals surface area contributed by atoms with Crippen LogP contribution in [0, 0.1) is 11.8 Å². The molecule has 19 heavy (non-hydrogen) atoms. The van der Waals surface area contributed by atoms with Crippen LogP contribution in [0.15, 0.2) is 36.4 Å². The van der Waals surface area contributed by atoms with Gasteiger partial charge in [-0.3, -0.25) is 0 Å². The van der Waals surface area contributed by atoms with Gasteiger partial charge in [-0.2, -0.15) is 0 Å². The van der Waals surface area contributed by atoms with Crippen LogP contribution in [-0.4, -0.2) is 16.0 Å². The number of nitrogens with zero attached hydrogens (tertiary/aromatic N) is 1. The van der Waals surface area contributed by atoms with E-state index in [2.05, 4.69) is 46.5 Å². The van der Waals surface area contributed by atoms with Crippen LogP contribution >= 0.6 is 0 Å². The third-order valence-corrected chi connectivity index (χ3v) is 4.64. The molecule has 2 aliphatic carbocycles. The molecule has 2 N–H and O–H groups in total. The van der Waals surface area contributed by atoms with E-state index in [0.717, 1.165) is 28.7 Å². The zero-order chi connectivity index (χ0) is 12.8. The number of imidazole rings is 1. The van der Waals surface area contributed by atoms with Crippen molar-refractivity contribution < 1.29 is 0 Å². The number of rotatable bonds is 3. The first kappa shape index (κ1) is 11.2. The van der Waals surface area contributed by atoms with E-state index in [1.54, 1.807) is 0 Å². The van der Waals surface area contributed by atoms with Crippen molar-refractivity contribution in [3.63, 3.8) is 0 Å². The number of nitrogens with one attached hydrogen (secondary N) is 2. The molecule has 1 fully saturated rings. The van der Waals surface area contributed by atoms with E-state index in [0.29, 0.717) is 6.04 Å². The van der Waals surface area contributed by atoms with E-state index in [4.69, 9.17) is 0 Å². The molecule has 2 aromatic rings. The molecule has 3 heteroatoms. The van der Waals surface area contributed by atoms with Crippen LogP contribution < -0.4 is 5.32 Å². The molecule has 0 amide bonds. The molecule has 0 radical (unpaired) electrons. The number of hydrogen-bond acceptors (Lipinski definition) is 2. The summed E-state index contributed by atoms with van der Waals surface area (Å²) in [5.74, 6) is 2.71. The largest absolute Gasteiger partial charge is 0.341 e. The second-order valence-corrected chi connectivity index (χ2v) is 5.87. The Morgan fingerprint density at radius 1 is 1.37 bits per heavy atom. The van der Waals surface area contributed by atoms with Gasteiger partial charge in [-0.1, -0.05) is 24.3 Å². The Bertz CT molecular complexity index is 595. The molecule has 1 saturated carbocycles. The lowest BCUT2D eigenvalue weighted by molar-refractivity contribution is 0.151. The number of fused-ring (bicyclic) bond motifs is 2. The minimum absolute atomic E-state index is 0.285. The van der Waals surface area contributed by atoms with Crippen LogP contribution in [0.25, 0.3) is 11.0 Å². The fourth-order valence-corrected chi connectivity index (χ4v) is 3.49. The van der Waals surface area contributed by atoms with Gasteiger partial charge in [0.25, 0.3) is 0 Å². The number of aromatic amines is 1. The summed E-state index contributed by atoms with van der Waals surface area (Å²) in [7, 11) is 0. The summed E-state index contributed by atoms with van der Waals surface area (Å²) in [5, 5.41) is 3.72. The van der Waals surface area contributed by atoms with Crippen molar-refractivity contribution >= 4 is 11.0 Å². The molecule has 0 spiro atoms. The Morgan fingerprint density at radius 3 is 3.11 bits per heavy atom. The number of aromatic nitrogens is 2. The van der Waals surface area contributed by atoms with Crippen molar-refractivity contribution in [2.45, 2.75) is 31.8 Å². The molecular weight excluding hydrogens is 234 g/mol. The van der Waals surface area contributed by atoms with Gasteiger partial charge < -0.3 is 10.3 Å². The van der Waals surface area contributed by atoms with E-state index in [1.807, 2.05) is 12.1 Å². The highest BCUT2D eigenvalue weighted by Gasteiger charge is 2.41. The van der Waals surface area contributed by atoms with E-state index in [9.17, 15) is 0 Å². The van der Waals surface area contributed by atoms with Crippen LogP contribution in [0.2, 0.25) is 0 Å². The van der Waals surface area contributed by atoms with Crippen LogP contribution in [0.5, 0.6) is 0 Å². The van der Waals surface area contributed by atoms with E-state index >= 15 is 0 Å². The average Bonchev–Trinajstić information content (AvgIpc) is 2.99. The van der Waals surface area contributed by atoms with Gasteiger partial charge in [-0.15, -0.1) is 0 Å². The van der Waals surface area contributed by atoms with Crippen molar-refractivity contribution in [3.8, 4) is 0 Å². The third kappa shape index (κ3) is 1.80. The predicted molar refractivity (Wildman–Crippen MR) is 76.8 cm³/mol. The fraction of sp³-hybridized carbons (Fsp3) is 0.438. The molecule has 4 rings (SSSR count). The van der Waals surface area contributed by atoms with Gasteiger partial charge in [-0.05, 0) is 43.7 Å². The van der Waals surface area contributed by atoms with E-state index in [-0.39, 0.29) is 6.04 Å². The Morgan fingerprint density at radius 2 is 2.26 bits per heavy atom. The summed E-state index contributed by atoms with van der Waals surface area (Å²) in [6.45, 7) is 2.20. The third-order valence-electron chi connectivity index (χ3n) is 4.64. The van der Waals surface area contributed by atoms with Gasteiger partial charge in [0.05, 0.1) is 17.1 Å². The normalized spacial score (nSPS) is 30.3. The molecular formula is C16H19N3. The molecule has 1 aromatic carbocycles. The predicted octanol–water partition coefficient (Wildman–Crippen LogP) is 3.18. The lowest BCUT2D eigenvalue weighted by atomic mass is 9.71. The lowest BCUT2D eigenvalue weighted by Gasteiger charge is -2.42. The van der Waals surface area contributed by atoms with Gasteiger partial charge >= 0.3 is 0 Å². The Hall–Kier alpha value is -1.61. The average molecular weight is 253 g/mol. The van der Waals surface area contributed by atoms with Crippen molar-refractivity contribution in [2.75, 3.05) is 0 Å². The zero-order valence-corrected chi connectivity index (χ0v) is 11.1. The Labute approximate surface area is 113 Å². The molecule has 4 unspecified atom stereocenters. The van der Waals surface area contributed by atoms with E-state index in [1.165, 1.54) is 12.8 Å². The summed E-state index contributed by atoms with van der Waals surface area (Å²) in [5.41, 5.74) is 2.18. The molecule has 3 nitrogen and oxygen atoms in total. The van der Waals surface area contributed by atoms with E-state index < -0.39 is 0 Å². The Kier molecular flexibility index (Phi) is 2.49. The molecule has 1 heterocycles. The van der Waals surface area contributed by atoms with Gasteiger partial charge in [0.1, 0.15) is 5.82 Å². The number of allylic oxidation sites excluding steroid dienone is 1. The van der Waals surface area contributed by atoms with Crippen LogP contribution in [0.3, 0.4) is 0 Å². The number of para-hydroxylation sites is 2. The maximum absolute atomic E-state index is 4.67. The molecule has 1 aromatic heterocycles. The Balaban J connectivity index is 1.50. The molecule has 98 valence electrons. The van der Waals surface area contributed by atoms with Gasteiger partial charge in [-0.25, -0.2) is 4.98 Å². The summed E-state index contributed by atoms with van der Waals surface area (Å²) < 4.78 is 0. The number of H-pyrrole nitrogens is 1. The maximum atomic E-state index is 4.67. The standard InChI is InChI=1S/C16H19N3/c1-10(17-15-9-11-5-4-6-12(11)15)16-18-13-7-2-3-8-14(13)19-16/h2-4,6-8,10-12,15,17H,5,9H2,1H3,(H,18,19). The van der Waals surface area contributed by atoms with Crippen LogP contribution in [0.1, 0.15) is 31.6 Å². The van der Waals surface area contributed by atoms with Crippen LogP contribution in [0.4, 0.5) is 0 Å². The van der Waals surface area contributed by atoms with Gasteiger partial charge in [0, 0.05) is 6.04 Å². The number of benzene rings is 1. The van der Waals surface area contributed by atoms with Crippen molar-refractivity contribution in [1.82, 2.24) is 15.3 Å². The highest BCUT2D eigenvalue weighted by atomic mass is 15.1. The summed E-state index contributed by atoms with van der Waals surface area (Å²) in [4.78, 5) is 8.09. The van der Waals surface area contributed by atoms with Gasteiger partial charge in [0.15, 0.2) is 0 Å². The monoisotopic (exact) mass is 253 g/mol. The first-order valence-corrected chi connectivity index (χ1v) is 7.18. The SMILES string of the molecule is CC(NC1CC2CC=CC21)c1nc2ccccc2[nH]1. The van der Waals surface area contributed by atoms with Crippen molar-refractivity contribution in [1.29, 1.82) is 0 Å². The first-order valence-electron chi connectivity index (χ1n) is 7.18. The smallest absolute Gasteiger partial charge is 0.124 e. The summed E-state index contributed by atoms with van der Waals surface area (Å²) in [6, 6.07) is 9.13. The highest BCUT2D eigenvalue weighted by molar-refractivity contribution is 5.74. The summed E-state index contributed by atoms with van der Waals surface area (Å²) in [6.07, 6.45) is 7.31. The second-order valence-electron chi connectivity index (χ2n) is 5.87. The fourth-order valence-electron chi connectivity index (χ4n) is 3.49. The molecule has 2 aliphatic rings. The minimum atomic E-state index is 0.285. The minimum Gasteiger partial charge on any atom is -0.341 e. The maximum Gasteiger partial charge on any atom is 0.124 e. The quantitative estimate of drug-likeness (QED) is 0.825. The van der Waals surface area contributed by atoms with Crippen molar-refractivity contribution in [3.05, 3.63) is 42.2 Å². The number of hydrogen-bond donors (Lipinski definition) is 2. The first-order chi connectivity index (χ1) is 9.31. The molecule has 0 saturated heterocycles. The summed E-state index contributed by atoms with van der Waals surface area (Å²) >= 11 is 0. The topological polar surface area (TPSA) is 40.7 Å². The van der Waals surface area contributed by atoms with Gasteiger partial charge in [0.2, 0.25) is 0 Å². The zero-order valence-electron chi connectivity index (χ0n) is 11.1. The van der Waals surface area contributed by atoms with Crippen LogP contribution in [-0.2, 0) is 0 Å².